The third-order valence-corrected chi connectivity index (χ3v) is 4.99. The van der Waals surface area contributed by atoms with E-state index in [1.165, 1.54) is 7.11 Å². The lowest BCUT2D eigenvalue weighted by Crippen LogP contribution is -2.46. The average Bonchev–Trinajstić information content (AvgIpc) is 3.18. The van der Waals surface area contributed by atoms with Crippen molar-refractivity contribution in [2.45, 2.75) is 26.3 Å². The van der Waals surface area contributed by atoms with E-state index in [0.717, 1.165) is 16.9 Å². The molecule has 160 valence electrons. The second-order valence-corrected chi connectivity index (χ2v) is 7.68. The first-order valence-corrected chi connectivity index (χ1v) is 10.1. The van der Waals surface area contributed by atoms with Crippen molar-refractivity contribution in [2.24, 2.45) is 5.92 Å². The normalized spacial score (nSPS) is 11.5. The fourth-order valence-corrected chi connectivity index (χ4v) is 3.34. The predicted octanol–water partition coefficient (Wildman–Crippen LogP) is 2.40. The summed E-state index contributed by atoms with van der Waals surface area (Å²) in [4.78, 5) is 48.7. The number of esters is 2. The summed E-state index contributed by atoms with van der Waals surface area (Å²) in [6, 6.07) is 9.81. The van der Waals surface area contributed by atoms with Gasteiger partial charge < -0.3 is 20.1 Å². The van der Waals surface area contributed by atoms with Crippen LogP contribution in [0, 0.1) is 5.92 Å². The molecule has 0 bridgehead atoms. The minimum absolute atomic E-state index is 0.131. The van der Waals surface area contributed by atoms with Crippen molar-refractivity contribution in [2.75, 3.05) is 19.0 Å². The van der Waals surface area contributed by atoms with E-state index in [1.807, 2.05) is 30.3 Å². The second-order valence-electron chi connectivity index (χ2n) is 6.76. The Morgan fingerprint density at radius 3 is 2.37 bits per heavy atom. The molecular weight excluding hydrogens is 408 g/mol. The molecule has 0 unspecified atom stereocenters. The van der Waals surface area contributed by atoms with E-state index in [0.29, 0.717) is 0 Å². The number of methoxy groups -OCH3 is 1. The Hall–Kier alpha value is -3.20. The van der Waals surface area contributed by atoms with Crippen molar-refractivity contribution < 1.29 is 28.7 Å². The van der Waals surface area contributed by atoms with Crippen LogP contribution in [-0.2, 0) is 30.3 Å². The van der Waals surface area contributed by atoms with Gasteiger partial charge in [-0.2, -0.15) is 0 Å². The Balaban J connectivity index is 1.89. The maximum absolute atomic E-state index is 12.4. The van der Waals surface area contributed by atoms with Gasteiger partial charge in [-0.25, -0.2) is 9.59 Å². The molecular formula is C21H24N2O6S. The van der Waals surface area contributed by atoms with Gasteiger partial charge in [-0.15, -0.1) is 11.3 Å². The molecule has 0 aliphatic heterocycles. The standard InChI is InChI=1S/C21H24N2O6S/c1-13(2)18(23-16(24)11-14-7-5-4-6-8-14)20(26)29-12-17(25)22-15-9-10-30-19(15)21(27)28-3/h4-10,13,18H,11-12H2,1-3H3,(H,22,25)(H,23,24)/t18-/m0/s1. The van der Waals surface area contributed by atoms with Crippen LogP contribution >= 0.6 is 11.3 Å². The molecule has 0 aliphatic carbocycles. The van der Waals surface area contributed by atoms with Gasteiger partial charge in [-0.05, 0) is 22.9 Å². The number of benzene rings is 1. The Bertz CT molecular complexity index is 894. The number of carbonyl (C=O) groups is 4. The number of hydrogen-bond acceptors (Lipinski definition) is 7. The number of hydrogen-bond donors (Lipinski definition) is 2. The molecule has 0 spiro atoms. The molecule has 30 heavy (non-hydrogen) atoms. The maximum Gasteiger partial charge on any atom is 0.350 e. The number of anilines is 1. The van der Waals surface area contributed by atoms with Gasteiger partial charge in [0.15, 0.2) is 6.61 Å². The molecule has 2 N–H and O–H groups in total. The lowest BCUT2D eigenvalue weighted by Gasteiger charge is -2.20. The van der Waals surface area contributed by atoms with Crippen LogP contribution in [0.1, 0.15) is 29.1 Å². The number of amides is 2. The molecule has 1 aromatic heterocycles. The van der Waals surface area contributed by atoms with Gasteiger partial charge in [-0.3, -0.25) is 9.59 Å². The summed E-state index contributed by atoms with van der Waals surface area (Å²) in [6.45, 7) is 2.98. The lowest BCUT2D eigenvalue weighted by molar-refractivity contribution is -0.151. The van der Waals surface area contributed by atoms with Crippen LogP contribution in [0.3, 0.4) is 0 Å². The van der Waals surface area contributed by atoms with Crippen molar-refractivity contribution >= 4 is 40.8 Å². The van der Waals surface area contributed by atoms with Crippen molar-refractivity contribution in [3.8, 4) is 0 Å². The molecule has 2 amide bonds. The van der Waals surface area contributed by atoms with Crippen LogP contribution in [0.2, 0.25) is 0 Å². The van der Waals surface area contributed by atoms with Crippen LogP contribution in [0.15, 0.2) is 41.8 Å². The first kappa shape index (κ1) is 23.1. The third kappa shape index (κ3) is 6.70. The van der Waals surface area contributed by atoms with Crippen LogP contribution in [-0.4, -0.2) is 43.5 Å². The summed E-state index contributed by atoms with van der Waals surface area (Å²) in [5, 5.41) is 6.80. The van der Waals surface area contributed by atoms with Gasteiger partial charge in [0.25, 0.3) is 5.91 Å². The molecule has 0 saturated carbocycles. The Morgan fingerprint density at radius 2 is 1.73 bits per heavy atom. The van der Waals surface area contributed by atoms with E-state index in [4.69, 9.17) is 4.74 Å². The summed E-state index contributed by atoms with van der Waals surface area (Å²) in [5.41, 5.74) is 1.10. The highest BCUT2D eigenvalue weighted by molar-refractivity contribution is 7.12. The highest BCUT2D eigenvalue weighted by atomic mass is 32.1. The summed E-state index contributed by atoms with van der Waals surface area (Å²) in [7, 11) is 1.24. The highest BCUT2D eigenvalue weighted by Crippen LogP contribution is 2.23. The third-order valence-electron chi connectivity index (χ3n) is 4.10. The van der Waals surface area contributed by atoms with Crippen LogP contribution in [0.4, 0.5) is 5.69 Å². The molecule has 0 fully saturated rings. The quantitative estimate of drug-likeness (QED) is 0.589. The maximum atomic E-state index is 12.4. The monoisotopic (exact) mass is 432 g/mol. The minimum atomic E-state index is -0.888. The summed E-state index contributed by atoms with van der Waals surface area (Å²) < 4.78 is 9.72. The summed E-state index contributed by atoms with van der Waals surface area (Å²) in [6.07, 6.45) is 0.131. The first-order valence-electron chi connectivity index (χ1n) is 9.27. The molecule has 0 radical (unpaired) electrons. The molecule has 8 nitrogen and oxygen atoms in total. The second kappa shape index (κ2) is 11.1. The number of ether oxygens (including phenoxy) is 2. The topological polar surface area (TPSA) is 111 Å². The molecule has 0 aliphatic rings. The molecule has 9 heteroatoms. The molecule has 2 aromatic rings. The molecule has 2 rings (SSSR count). The fourth-order valence-electron chi connectivity index (χ4n) is 2.57. The number of rotatable bonds is 9. The van der Waals surface area contributed by atoms with Crippen molar-refractivity contribution in [3.05, 3.63) is 52.2 Å². The van der Waals surface area contributed by atoms with E-state index in [9.17, 15) is 19.2 Å². The zero-order chi connectivity index (χ0) is 22.1. The van der Waals surface area contributed by atoms with Crippen molar-refractivity contribution in [3.63, 3.8) is 0 Å². The number of carbonyl (C=O) groups excluding carboxylic acids is 4. The SMILES string of the molecule is COC(=O)c1sccc1NC(=O)COC(=O)[C@@H](NC(=O)Cc1ccccc1)C(C)C. The van der Waals surface area contributed by atoms with E-state index in [-0.39, 0.29) is 28.8 Å². The van der Waals surface area contributed by atoms with E-state index >= 15 is 0 Å². The van der Waals surface area contributed by atoms with Gasteiger partial charge in [0, 0.05) is 0 Å². The summed E-state index contributed by atoms with van der Waals surface area (Å²) >= 11 is 1.12. The smallest absolute Gasteiger partial charge is 0.350 e. The van der Waals surface area contributed by atoms with Gasteiger partial charge in [-0.1, -0.05) is 44.2 Å². The number of nitrogens with one attached hydrogen (secondary N) is 2. The Morgan fingerprint density at radius 1 is 1.03 bits per heavy atom. The highest BCUT2D eigenvalue weighted by Gasteiger charge is 2.26. The number of thiophene rings is 1. The van der Waals surface area contributed by atoms with Crippen LogP contribution in [0.25, 0.3) is 0 Å². The largest absolute Gasteiger partial charge is 0.465 e. The molecule has 1 aromatic carbocycles. The molecule has 0 saturated heterocycles. The average molecular weight is 432 g/mol. The van der Waals surface area contributed by atoms with Gasteiger partial charge in [0.05, 0.1) is 19.2 Å². The summed E-state index contributed by atoms with van der Waals surface area (Å²) in [5.74, 6) is -2.44. The van der Waals surface area contributed by atoms with E-state index in [1.54, 1.807) is 25.3 Å². The van der Waals surface area contributed by atoms with Crippen molar-refractivity contribution in [1.82, 2.24) is 5.32 Å². The predicted molar refractivity (Wildman–Crippen MR) is 112 cm³/mol. The zero-order valence-corrected chi connectivity index (χ0v) is 17.8. The zero-order valence-electron chi connectivity index (χ0n) is 17.0. The van der Waals surface area contributed by atoms with E-state index in [2.05, 4.69) is 15.4 Å². The van der Waals surface area contributed by atoms with Gasteiger partial charge >= 0.3 is 11.9 Å². The van der Waals surface area contributed by atoms with Crippen LogP contribution < -0.4 is 10.6 Å². The fraction of sp³-hybridized carbons (Fsp3) is 0.333. The Labute approximate surface area is 178 Å². The van der Waals surface area contributed by atoms with Crippen molar-refractivity contribution in [1.29, 1.82) is 0 Å². The molecule has 1 atom stereocenters. The minimum Gasteiger partial charge on any atom is -0.465 e. The van der Waals surface area contributed by atoms with Gasteiger partial charge in [0.1, 0.15) is 10.9 Å². The van der Waals surface area contributed by atoms with E-state index < -0.39 is 30.5 Å². The lowest BCUT2D eigenvalue weighted by atomic mass is 10.0. The first-order chi connectivity index (χ1) is 14.3. The Kier molecular flexibility index (Phi) is 8.54. The molecule has 1 heterocycles. The van der Waals surface area contributed by atoms with Gasteiger partial charge in [0.2, 0.25) is 5.91 Å². The van der Waals surface area contributed by atoms with Crippen LogP contribution in [0.5, 0.6) is 0 Å².